The number of anilines is 1. The van der Waals surface area contributed by atoms with Crippen LogP contribution in [0.3, 0.4) is 0 Å². The molecule has 1 saturated heterocycles. The van der Waals surface area contributed by atoms with Gasteiger partial charge in [-0.05, 0) is 31.9 Å². The lowest BCUT2D eigenvalue weighted by molar-refractivity contribution is -0.123. The van der Waals surface area contributed by atoms with Crippen molar-refractivity contribution < 1.29 is 4.79 Å². The second-order valence-electron chi connectivity index (χ2n) is 5.11. The standard InChI is InChI=1S/C15H19N3O/c1-10-8-11(2)14(12(3)9-10)18-7-6-17-15(19)13(18)4-5-16/h8-9,13H,4,6-7H2,1-3H3,(H,17,19). The normalized spacial score (nSPS) is 18.9. The van der Waals surface area contributed by atoms with Crippen LogP contribution < -0.4 is 10.2 Å². The largest absolute Gasteiger partial charge is 0.356 e. The number of nitriles is 1. The van der Waals surface area contributed by atoms with Gasteiger partial charge in [-0.15, -0.1) is 0 Å². The number of amides is 1. The van der Waals surface area contributed by atoms with E-state index in [9.17, 15) is 4.79 Å². The highest BCUT2D eigenvalue weighted by Crippen LogP contribution is 2.29. The van der Waals surface area contributed by atoms with Crippen LogP contribution >= 0.6 is 0 Å². The van der Waals surface area contributed by atoms with Crippen molar-refractivity contribution in [3.05, 3.63) is 28.8 Å². The summed E-state index contributed by atoms with van der Waals surface area (Å²) in [6.07, 6.45) is 0.221. The summed E-state index contributed by atoms with van der Waals surface area (Å²) in [5, 5.41) is 11.8. The Kier molecular flexibility index (Phi) is 3.75. The van der Waals surface area contributed by atoms with Gasteiger partial charge in [0, 0.05) is 18.8 Å². The number of hydrogen-bond donors (Lipinski definition) is 1. The average Bonchev–Trinajstić information content (AvgIpc) is 2.32. The van der Waals surface area contributed by atoms with E-state index in [4.69, 9.17) is 5.26 Å². The molecule has 0 spiro atoms. The molecule has 1 unspecified atom stereocenters. The first-order chi connectivity index (χ1) is 9.04. The minimum Gasteiger partial charge on any atom is -0.356 e. The third-order valence-corrected chi connectivity index (χ3v) is 3.54. The topological polar surface area (TPSA) is 56.1 Å². The Bertz CT molecular complexity index is 522. The summed E-state index contributed by atoms with van der Waals surface area (Å²) < 4.78 is 0. The number of carbonyl (C=O) groups is 1. The van der Waals surface area contributed by atoms with Crippen LogP contribution in [0.4, 0.5) is 5.69 Å². The molecule has 100 valence electrons. The fourth-order valence-corrected chi connectivity index (χ4v) is 2.90. The fraction of sp³-hybridized carbons (Fsp3) is 0.467. The van der Waals surface area contributed by atoms with E-state index in [1.54, 1.807) is 0 Å². The van der Waals surface area contributed by atoms with Gasteiger partial charge in [-0.25, -0.2) is 0 Å². The maximum Gasteiger partial charge on any atom is 0.243 e. The Balaban J connectivity index is 2.44. The highest BCUT2D eigenvalue weighted by atomic mass is 16.2. The van der Waals surface area contributed by atoms with Crippen molar-refractivity contribution in [3.63, 3.8) is 0 Å². The maximum atomic E-state index is 12.0. The molecule has 1 fully saturated rings. The quantitative estimate of drug-likeness (QED) is 0.879. The van der Waals surface area contributed by atoms with Crippen molar-refractivity contribution in [2.45, 2.75) is 33.2 Å². The third kappa shape index (κ3) is 2.55. The van der Waals surface area contributed by atoms with Crippen molar-refractivity contribution in [3.8, 4) is 6.07 Å². The highest BCUT2D eigenvalue weighted by molar-refractivity contribution is 5.87. The Morgan fingerprint density at radius 2 is 2.00 bits per heavy atom. The highest BCUT2D eigenvalue weighted by Gasteiger charge is 2.31. The van der Waals surface area contributed by atoms with Gasteiger partial charge in [0.1, 0.15) is 6.04 Å². The molecule has 0 aromatic heterocycles. The van der Waals surface area contributed by atoms with Crippen molar-refractivity contribution in [2.75, 3.05) is 18.0 Å². The number of nitrogens with zero attached hydrogens (tertiary/aromatic N) is 2. The van der Waals surface area contributed by atoms with Gasteiger partial charge in [0.15, 0.2) is 0 Å². The first kappa shape index (κ1) is 13.4. The molecule has 1 amide bonds. The minimum absolute atomic E-state index is 0.0489. The van der Waals surface area contributed by atoms with Gasteiger partial charge >= 0.3 is 0 Å². The molecule has 1 aliphatic rings. The summed E-state index contributed by atoms with van der Waals surface area (Å²) in [4.78, 5) is 14.0. The van der Waals surface area contributed by atoms with Gasteiger partial charge in [0.2, 0.25) is 5.91 Å². The van der Waals surface area contributed by atoms with E-state index in [1.807, 2.05) is 0 Å². The number of aryl methyl sites for hydroxylation is 3. The van der Waals surface area contributed by atoms with Gasteiger partial charge in [0.05, 0.1) is 12.5 Å². The molecule has 1 aliphatic heterocycles. The number of piperazine rings is 1. The van der Waals surface area contributed by atoms with Gasteiger partial charge in [0.25, 0.3) is 0 Å². The molecule has 4 nitrogen and oxygen atoms in total. The summed E-state index contributed by atoms with van der Waals surface area (Å²) >= 11 is 0. The van der Waals surface area contributed by atoms with Gasteiger partial charge < -0.3 is 10.2 Å². The lowest BCUT2D eigenvalue weighted by Gasteiger charge is -2.37. The van der Waals surface area contributed by atoms with E-state index in [2.05, 4.69) is 49.2 Å². The molecular formula is C15H19N3O. The molecule has 19 heavy (non-hydrogen) atoms. The van der Waals surface area contributed by atoms with Crippen LogP contribution in [-0.4, -0.2) is 25.0 Å². The number of hydrogen-bond acceptors (Lipinski definition) is 3. The summed E-state index contributed by atoms with van der Waals surface area (Å²) in [5.41, 5.74) is 4.64. The minimum atomic E-state index is -0.376. The SMILES string of the molecule is Cc1cc(C)c(N2CCNC(=O)C2CC#N)c(C)c1. The summed E-state index contributed by atoms with van der Waals surface area (Å²) in [6, 6.07) is 5.99. The van der Waals surface area contributed by atoms with Gasteiger partial charge in [-0.2, -0.15) is 5.26 Å². The fourth-order valence-electron chi connectivity index (χ4n) is 2.90. The van der Waals surface area contributed by atoms with Gasteiger partial charge in [-0.3, -0.25) is 4.79 Å². The molecule has 0 saturated carbocycles. The average molecular weight is 257 g/mol. The van der Waals surface area contributed by atoms with Gasteiger partial charge in [-0.1, -0.05) is 17.7 Å². The zero-order valence-corrected chi connectivity index (χ0v) is 11.7. The van der Waals surface area contributed by atoms with Crippen LogP contribution in [0.5, 0.6) is 0 Å². The molecule has 1 atom stereocenters. The monoisotopic (exact) mass is 257 g/mol. The lowest BCUT2D eigenvalue weighted by Crippen LogP contribution is -2.55. The molecule has 2 rings (SSSR count). The second kappa shape index (κ2) is 5.31. The van der Waals surface area contributed by atoms with E-state index in [1.165, 1.54) is 5.56 Å². The zero-order chi connectivity index (χ0) is 14.0. The van der Waals surface area contributed by atoms with E-state index in [-0.39, 0.29) is 18.4 Å². The number of benzene rings is 1. The molecule has 1 aromatic carbocycles. The van der Waals surface area contributed by atoms with Crippen LogP contribution in [-0.2, 0) is 4.79 Å². The lowest BCUT2D eigenvalue weighted by atomic mass is 10.0. The summed E-state index contributed by atoms with van der Waals surface area (Å²) in [6.45, 7) is 7.58. The Labute approximate surface area is 114 Å². The first-order valence-electron chi connectivity index (χ1n) is 6.53. The molecule has 1 aromatic rings. The Morgan fingerprint density at radius 3 is 2.58 bits per heavy atom. The number of nitrogens with one attached hydrogen (secondary N) is 1. The number of rotatable bonds is 2. The predicted octanol–water partition coefficient (Wildman–Crippen LogP) is 1.83. The van der Waals surface area contributed by atoms with Crippen LogP contribution in [0.1, 0.15) is 23.1 Å². The van der Waals surface area contributed by atoms with E-state index in [0.29, 0.717) is 6.54 Å². The second-order valence-corrected chi connectivity index (χ2v) is 5.11. The molecule has 0 bridgehead atoms. The first-order valence-corrected chi connectivity index (χ1v) is 6.53. The summed E-state index contributed by atoms with van der Waals surface area (Å²) in [7, 11) is 0. The van der Waals surface area contributed by atoms with Crippen LogP contribution in [0.15, 0.2) is 12.1 Å². The maximum absolute atomic E-state index is 12.0. The van der Waals surface area contributed by atoms with E-state index >= 15 is 0 Å². The molecule has 1 N–H and O–H groups in total. The van der Waals surface area contributed by atoms with Crippen LogP contribution in [0.25, 0.3) is 0 Å². The van der Waals surface area contributed by atoms with Crippen molar-refractivity contribution in [1.29, 1.82) is 5.26 Å². The smallest absolute Gasteiger partial charge is 0.243 e. The van der Waals surface area contributed by atoms with E-state index in [0.717, 1.165) is 23.4 Å². The number of carbonyl (C=O) groups excluding carboxylic acids is 1. The predicted molar refractivity (Wildman–Crippen MR) is 75.0 cm³/mol. The van der Waals surface area contributed by atoms with Crippen molar-refractivity contribution in [2.24, 2.45) is 0 Å². The molecule has 1 heterocycles. The molecular weight excluding hydrogens is 238 g/mol. The van der Waals surface area contributed by atoms with Crippen molar-refractivity contribution in [1.82, 2.24) is 5.32 Å². The van der Waals surface area contributed by atoms with E-state index < -0.39 is 0 Å². The Hall–Kier alpha value is -2.02. The Morgan fingerprint density at radius 1 is 1.37 bits per heavy atom. The summed E-state index contributed by atoms with van der Waals surface area (Å²) in [5.74, 6) is -0.0489. The van der Waals surface area contributed by atoms with Crippen LogP contribution in [0.2, 0.25) is 0 Å². The molecule has 4 heteroatoms. The van der Waals surface area contributed by atoms with Crippen LogP contribution in [0, 0.1) is 32.1 Å². The molecule has 0 radical (unpaired) electrons. The third-order valence-electron chi connectivity index (χ3n) is 3.54. The molecule has 0 aliphatic carbocycles. The zero-order valence-electron chi connectivity index (χ0n) is 11.7. The van der Waals surface area contributed by atoms with Crippen molar-refractivity contribution >= 4 is 11.6 Å².